The summed E-state index contributed by atoms with van der Waals surface area (Å²) in [5.41, 5.74) is 0. The minimum atomic E-state index is -3.33. The Morgan fingerprint density at radius 2 is 1.88 bits per heavy atom. The lowest BCUT2D eigenvalue weighted by molar-refractivity contribution is 0.541. The molecule has 2 aliphatic rings. The summed E-state index contributed by atoms with van der Waals surface area (Å²) in [4.78, 5) is 3.94. The van der Waals surface area contributed by atoms with Crippen LogP contribution in [-0.2, 0) is 10.0 Å². The molecular weight excluding hydrogens is 224 g/mol. The summed E-state index contributed by atoms with van der Waals surface area (Å²) in [5.74, 6) is 0. The summed E-state index contributed by atoms with van der Waals surface area (Å²) in [6.45, 7) is 0. The van der Waals surface area contributed by atoms with Crippen LogP contribution in [0.4, 0.5) is 0 Å². The number of rotatable bonds is 2. The number of pyridine rings is 1. The Morgan fingerprint density at radius 3 is 2.44 bits per heavy atom. The molecule has 5 heteroatoms. The van der Waals surface area contributed by atoms with Gasteiger partial charge in [-0.05, 0) is 25.0 Å². The first-order valence-electron chi connectivity index (χ1n) is 5.66. The van der Waals surface area contributed by atoms with Gasteiger partial charge in [-0.3, -0.25) is 0 Å². The van der Waals surface area contributed by atoms with Gasteiger partial charge < -0.3 is 0 Å². The van der Waals surface area contributed by atoms with Crippen LogP contribution in [0.5, 0.6) is 0 Å². The summed E-state index contributed by atoms with van der Waals surface area (Å²) in [7, 11) is -3.33. The van der Waals surface area contributed by atoms with E-state index >= 15 is 0 Å². The summed E-state index contributed by atoms with van der Waals surface area (Å²) in [5, 5.41) is 0.185. The van der Waals surface area contributed by atoms with E-state index in [1.807, 2.05) is 0 Å². The van der Waals surface area contributed by atoms with Crippen LogP contribution < -0.4 is 0 Å². The lowest BCUT2D eigenvalue weighted by Gasteiger charge is -2.04. The summed E-state index contributed by atoms with van der Waals surface area (Å²) < 4.78 is 26.1. The van der Waals surface area contributed by atoms with Crippen molar-refractivity contribution in [3.8, 4) is 0 Å². The molecule has 2 fully saturated rings. The molecule has 0 bridgehead atoms. The van der Waals surface area contributed by atoms with Gasteiger partial charge in [0.2, 0.25) is 0 Å². The third-order valence-electron chi connectivity index (χ3n) is 3.44. The van der Waals surface area contributed by atoms with Gasteiger partial charge in [0.15, 0.2) is 5.03 Å². The smallest absolute Gasteiger partial charge is 0.243 e. The number of sulfonamides is 1. The molecule has 86 valence electrons. The van der Waals surface area contributed by atoms with Gasteiger partial charge in [-0.1, -0.05) is 18.9 Å². The van der Waals surface area contributed by atoms with Gasteiger partial charge in [0.1, 0.15) is 0 Å². The van der Waals surface area contributed by atoms with Crippen LogP contribution in [-0.4, -0.2) is 29.8 Å². The van der Waals surface area contributed by atoms with Crippen molar-refractivity contribution in [2.24, 2.45) is 0 Å². The Morgan fingerprint density at radius 1 is 1.19 bits per heavy atom. The van der Waals surface area contributed by atoms with Gasteiger partial charge in [0.05, 0.1) is 0 Å². The molecule has 2 atom stereocenters. The van der Waals surface area contributed by atoms with Crippen molar-refractivity contribution in [1.29, 1.82) is 0 Å². The Bertz CT molecular complexity index is 474. The van der Waals surface area contributed by atoms with E-state index in [2.05, 4.69) is 4.98 Å². The van der Waals surface area contributed by atoms with Crippen molar-refractivity contribution in [1.82, 2.24) is 9.29 Å². The van der Waals surface area contributed by atoms with Crippen molar-refractivity contribution in [2.75, 3.05) is 0 Å². The maximum atomic E-state index is 12.2. The fourth-order valence-corrected chi connectivity index (χ4v) is 4.43. The van der Waals surface area contributed by atoms with Crippen LogP contribution >= 0.6 is 0 Å². The molecule has 0 spiro atoms. The minimum absolute atomic E-state index is 0.185. The van der Waals surface area contributed by atoms with E-state index in [1.54, 1.807) is 22.5 Å². The quantitative estimate of drug-likeness (QED) is 0.732. The van der Waals surface area contributed by atoms with Gasteiger partial charge in [0.25, 0.3) is 10.0 Å². The maximum Gasteiger partial charge on any atom is 0.261 e. The second-order valence-corrected chi connectivity index (χ2v) is 6.21. The summed E-state index contributed by atoms with van der Waals surface area (Å²) >= 11 is 0. The fraction of sp³-hybridized carbons (Fsp3) is 0.545. The number of hydrogen-bond acceptors (Lipinski definition) is 3. The third kappa shape index (κ3) is 1.46. The standard InChI is InChI=1S/C11H14N2O2S/c14-16(15,11-7-3-4-8-12-11)13-9-5-1-2-6-10(9)13/h3-4,7-10H,1-2,5-6H2. The number of fused-ring (bicyclic) bond motifs is 1. The molecule has 1 aliphatic heterocycles. The number of aromatic nitrogens is 1. The Labute approximate surface area is 95.3 Å². The SMILES string of the molecule is O=S(=O)(c1ccccn1)N1C2CCCCC21. The van der Waals surface area contributed by atoms with Crippen LogP contribution in [0.25, 0.3) is 0 Å². The predicted octanol–water partition coefficient (Wildman–Crippen LogP) is 1.40. The molecule has 1 saturated heterocycles. The largest absolute Gasteiger partial charge is 0.261 e. The predicted molar refractivity (Wildman–Crippen MR) is 59.3 cm³/mol. The summed E-state index contributed by atoms with van der Waals surface area (Å²) in [6.07, 6.45) is 5.85. The first kappa shape index (κ1) is 10.2. The average Bonchev–Trinajstić information content (AvgIpc) is 3.05. The molecule has 1 aromatic heterocycles. The Kier molecular flexibility index (Phi) is 2.26. The molecule has 4 nitrogen and oxygen atoms in total. The molecule has 0 amide bonds. The van der Waals surface area contributed by atoms with E-state index in [1.165, 1.54) is 6.20 Å². The van der Waals surface area contributed by atoms with Crippen LogP contribution in [0.15, 0.2) is 29.4 Å². The highest BCUT2D eigenvalue weighted by Crippen LogP contribution is 2.44. The first-order chi connectivity index (χ1) is 7.71. The molecule has 0 aromatic carbocycles. The Balaban J connectivity index is 1.90. The Hall–Kier alpha value is -0.940. The molecular formula is C11H14N2O2S. The van der Waals surface area contributed by atoms with Crippen LogP contribution in [0.2, 0.25) is 0 Å². The van der Waals surface area contributed by atoms with Crippen molar-refractivity contribution in [2.45, 2.75) is 42.8 Å². The third-order valence-corrected chi connectivity index (χ3v) is 5.30. The second-order valence-electron chi connectivity index (χ2n) is 4.42. The van der Waals surface area contributed by atoms with Crippen LogP contribution in [0.3, 0.4) is 0 Å². The topological polar surface area (TPSA) is 50.0 Å². The molecule has 3 rings (SSSR count). The zero-order valence-corrected chi connectivity index (χ0v) is 9.73. The molecule has 1 saturated carbocycles. The van der Waals surface area contributed by atoms with Gasteiger partial charge in [-0.15, -0.1) is 0 Å². The van der Waals surface area contributed by atoms with Crippen LogP contribution in [0.1, 0.15) is 25.7 Å². The molecule has 1 aliphatic carbocycles. The molecule has 16 heavy (non-hydrogen) atoms. The zero-order chi connectivity index (χ0) is 11.2. The molecule has 0 N–H and O–H groups in total. The van der Waals surface area contributed by atoms with Crippen LogP contribution in [0, 0.1) is 0 Å². The van der Waals surface area contributed by atoms with E-state index in [4.69, 9.17) is 0 Å². The lowest BCUT2D eigenvalue weighted by atomic mass is 10.0. The van der Waals surface area contributed by atoms with E-state index in [-0.39, 0.29) is 17.1 Å². The molecule has 2 unspecified atom stereocenters. The normalized spacial score (nSPS) is 33.1. The van der Waals surface area contributed by atoms with E-state index in [0.29, 0.717) is 0 Å². The van der Waals surface area contributed by atoms with Gasteiger partial charge in [-0.2, -0.15) is 4.31 Å². The van der Waals surface area contributed by atoms with Crippen molar-refractivity contribution >= 4 is 10.0 Å². The highest BCUT2D eigenvalue weighted by atomic mass is 32.2. The highest BCUT2D eigenvalue weighted by Gasteiger charge is 2.55. The zero-order valence-electron chi connectivity index (χ0n) is 8.91. The molecule has 2 heterocycles. The minimum Gasteiger partial charge on any atom is -0.243 e. The van der Waals surface area contributed by atoms with Crippen molar-refractivity contribution < 1.29 is 8.42 Å². The van der Waals surface area contributed by atoms with Crippen molar-refractivity contribution in [3.05, 3.63) is 24.4 Å². The fourth-order valence-electron chi connectivity index (χ4n) is 2.62. The second kappa shape index (κ2) is 3.53. The number of nitrogens with zero attached hydrogens (tertiary/aromatic N) is 2. The van der Waals surface area contributed by atoms with Gasteiger partial charge in [0, 0.05) is 18.3 Å². The van der Waals surface area contributed by atoms with E-state index < -0.39 is 10.0 Å². The number of hydrogen-bond donors (Lipinski definition) is 0. The highest BCUT2D eigenvalue weighted by molar-refractivity contribution is 7.89. The van der Waals surface area contributed by atoms with Gasteiger partial charge >= 0.3 is 0 Å². The monoisotopic (exact) mass is 238 g/mol. The van der Waals surface area contributed by atoms with E-state index in [0.717, 1.165) is 25.7 Å². The average molecular weight is 238 g/mol. The molecule has 1 aromatic rings. The van der Waals surface area contributed by atoms with E-state index in [9.17, 15) is 8.42 Å². The van der Waals surface area contributed by atoms with Gasteiger partial charge in [-0.25, -0.2) is 13.4 Å². The lowest BCUT2D eigenvalue weighted by Crippen LogP contribution is -2.16. The molecule has 0 radical (unpaired) electrons. The van der Waals surface area contributed by atoms with Crippen molar-refractivity contribution in [3.63, 3.8) is 0 Å². The summed E-state index contributed by atoms with van der Waals surface area (Å²) in [6, 6.07) is 5.52. The first-order valence-corrected chi connectivity index (χ1v) is 7.10. The maximum absolute atomic E-state index is 12.2.